The van der Waals surface area contributed by atoms with Gasteiger partial charge in [0.25, 0.3) is 0 Å². The molecule has 166 valence electrons. The molecule has 0 spiro atoms. The van der Waals surface area contributed by atoms with E-state index in [0.29, 0.717) is 5.11 Å². The third kappa shape index (κ3) is 3.91. The Kier molecular flexibility index (Phi) is 5.48. The Morgan fingerprint density at radius 2 is 1.64 bits per heavy atom. The van der Waals surface area contributed by atoms with Crippen LogP contribution < -0.4 is 15.1 Å². The summed E-state index contributed by atoms with van der Waals surface area (Å²) in [6, 6.07) is 25.5. The summed E-state index contributed by atoms with van der Waals surface area (Å²) in [4.78, 5) is 8.82. The van der Waals surface area contributed by atoms with Crippen LogP contribution in [0.25, 0.3) is 5.69 Å². The van der Waals surface area contributed by atoms with Crippen LogP contribution in [-0.4, -0.2) is 33.9 Å². The van der Waals surface area contributed by atoms with Crippen LogP contribution in [0.1, 0.15) is 23.5 Å². The van der Waals surface area contributed by atoms with Gasteiger partial charge >= 0.3 is 0 Å². The van der Waals surface area contributed by atoms with Gasteiger partial charge in [0, 0.05) is 49.2 Å². The molecular formula is C26H25N5OS. The number of benzene rings is 2. The normalized spacial score (nSPS) is 17.8. The Bertz CT molecular complexity index is 1250. The molecule has 6 nitrogen and oxygen atoms in total. The maximum atomic E-state index is 9.81. The molecule has 1 saturated heterocycles. The number of hydrogen-bond donors (Lipinski definition) is 2. The second kappa shape index (κ2) is 8.60. The average Bonchev–Trinajstić information content (AvgIpc) is 3.44. The van der Waals surface area contributed by atoms with Crippen molar-refractivity contribution in [3.63, 3.8) is 0 Å². The lowest BCUT2D eigenvalue weighted by Crippen LogP contribution is -2.30. The van der Waals surface area contributed by atoms with Gasteiger partial charge < -0.3 is 24.8 Å². The van der Waals surface area contributed by atoms with E-state index in [1.807, 2.05) is 44.4 Å². The molecule has 0 bridgehead atoms. The lowest BCUT2D eigenvalue weighted by atomic mass is 10.0. The smallest absolute Gasteiger partial charge is 0.174 e. The molecule has 1 aliphatic heterocycles. The molecule has 2 aromatic carbocycles. The lowest BCUT2D eigenvalue weighted by molar-refractivity contribution is 0.475. The number of aromatic nitrogens is 2. The first-order chi connectivity index (χ1) is 16.0. The average molecular weight is 456 g/mol. The third-order valence-electron chi connectivity index (χ3n) is 5.95. The van der Waals surface area contributed by atoms with Crippen molar-refractivity contribution < 1.29 is 5.11 Å². The zero-order valence-corrected chi connectivity index (χ0v) is 19.3. The minimum atomic E-state index is -0.138. The van der Waals surface area contributed by atoms with E-state index in [9.17, 15) is 5.11 Å². The summed E-state index contributed by atoms with van der Waals surface area (Å²) in [5.41, 5.74) is 5.13. The van der Waals surface area contributed by atoms with Crippen molar-refractivity contribution in [3.05, 3.63) is 103 Å². The van der Waals surface area contributed by atoms with Gasteiger partial charge in [0.1, 0.15) is 11.8 Å². The van der Waals surface area contributed by atoms with Crippen molar-refractivity contribution in [1.29, 1.82) is 0 Å². The van der Waals surface area contributed by atoms with Crippen LogP contribution in [0, 0.1) is 0 Å². The number of hydrogen-bond acceptors (Lipinski definition) is 4. The van der Waals surface area contributed by atoms with Gasteiger partial charge in [-0.25, -0.2) is 0 Å². The highest BCUT2D eigenvalue weighted by Gasteiger charge is 2.42. The largest absolute Gasteiger partial charge is 0.508 e. The summed E-state index contributed by atoms with van der Waals surface area (Å²) < 4.78 is 2.20. The molecule has 2 aromatic heterocycles. The molecule has 2 N–H and O–H groups in total. The van der Waals surface area contributed by atoms with E-state index in [0.717, 1.165) is 28.5 Å². The van der Waals surface area contributed by atoms with Gasteiger partial charge in [-0.05, 0) is 85.0 Å². The van der Waals surface area contributed by atoms with Crippen LogP contribution in [0.3, 0.4) is 0 Å². The Labute approximate surface area is 198 Å². The number of pyridine rings is 1. The van der Waals surface area contributed by atoms with E-state index >= 15 is 0 Å². The number of phenolic OH excluding ortho intramolecular Hbond substituents is 1. The first-order valence-electron chi connectivity index (χ1n) is 10.8. The summed E-state index contributed by atoms with van der Waals surface area (Å²) in [6.07, 6.45) is 3.88. The van der Waals surface area contributed by atoms with Crippen LogP contribution in [-0.2, 0) is 0 Å². The number of thiocarbonyl (C=S) groups is 1. The van der Waals surface area contributed by atoms with Gasteiger partial charge in [-0.15, -0.1) is 0 Å². The molecule has 4 aromatic rings. The minimum Gasteiger partial charge on any atom is -0.508 e. The fourth-order valence-electron chi connectivity index (χ4n) is 4.33. The van der Waals surface area contributed by atoms with E-state index in [1.54, 1.807) is 18.3 Å². The summed E-state index contributed by atoms with van der Waals surface area (Å²) in [6.45, 7) is 0. The highest BCUT2D eigenvalue weighted by atomic mass is 32.1. The van der Waals surface area contributed by atoms with Crippen molar-refractivity contribution in [1.82, 2.24) is 14.9 Å². The monoisotopic (exact) mass is 455 g/mol. The molecule has 0 saturated carbocycles. The number of phenols is 1. The maximum absolute atomic E-state index is 9.81. The van der Waals surface area contributed by atoms with Crippen LogP contribution in [0.5, 0.6) is 5.75 Å². The first kappa shape index (κ1) is 21.0. The number of nitrogens with one attached hydrogen (secondary N) is 1. The molecule has 3 heterocycles. The molecule has 7 heteroatoms. The van der Waals surface area contributed by atoms with Gasteiger partial charge in [-0.1, -0.05) is 6.07 Å². The summed E-state index contributed by atoms with van der Waals surface area (Å²) >= 11 is 5.80. The second-order valence-corrected chi connectivity index (χ2v) is 8.61. The standard InChI is InChI=1S/C26H25N5OS/c1-29(2)18-8-10-19(11-9-18)30-17-5-7-23(30)25-24(22-6-3-4-16-27-22)28-26(33)31(25)20-12-14-21(32)15-13-20/h3-17,24-25,32H,1-2H3,(H,28,33)/t24-,25+/m0/s1. The van der Waals surface area contributed by atoms with E-state index < -0.39 is 0 Å². The van der Waals surface area contributed by atoms with Gasteiger partial charge in [-0.2, -0.15) is 0 Å². The Hall–Kier alpha value is -3.84. The number of anilines is 2. The van der Waals surface area contributed by atoms with Crippen molar-refractivity contribution in [2.45, 2.75) is 12.1 Å². The number of aromatic hydroxyl groups is 1. The van der Waals surface area contributed by atoms with E-state index in [4.69, 9.17) is 12.2 Å². The predicted molar refractivity (Wildman–Crippen MR) is 136 cm³/mol. The van der Waals surface area contributed by atoms with E-state index in [2.05, 4.69) is 67.3 Å². The van der Waals surface area contributed by atoms with Crippen molar-refractivity contribution in [3.8, 4) is 11.4 Å². The van der Waals surface area contributed by atoms with Crippen molar-refractivity contribution >= 4 is 28.7 Å². The van der Waals surface area contributed by atoms with Crippen LogP contribution >= 0.6 is 12.2 Å². The zero-order chi connectivity index (χ0) is 22.9. The second-order valence-electron chi connectivity index (χ2n) is 8.23. The van der Waals surface area contributed by atoms with Crippen molar-refractivity contribution in [2.75, 3.05) is 23.9 Å². The topological polar surface area (TPSA) is 56.6 Å². The van der Waals surface area contributed by atoms with E-state index in [1.165, 1.54) is 0 Å². The summed E-state index contributed by atoms with van der Waals surface area (Å²) in [5, 5.41) is 13.9. The zero-order valence-electron chi connectivity index (χ0n) is 18.5. The van der Waals surface area contributed by atoms with Crippen LogP contribution in [0.15, 0.2) is 91.3 Å². The van der Waals surface area contributed by atoms with Gasteiger partial charge in [0.05, 0.1) is 11.7 Å². The fourth-order valence-corrected chi connectivity index (χ4v) is 4.67. The fraction of sp³-hybridized carbons (Fsp3) is 0.154. The SMILES string of the molecule is CN(C)c1ccc(-n2cccc2[C@@H]2[C@H](c3ccccn3)NC(=S)N2c2ccc(O)cc2)cc1. The minimum absolute atomic E-state index is 0.137. The molecule has 1 fully saturated rings. The maximum Gasteiger partial charge on any atom is 0.174 e. The lowest BCUT2D eigenvalue weighted by Gasteiger charge is -2.29. The Morgan fingerprint density at radius 3 is 2.30 bits per heavy atom. The molecule has 1 aliphatic rings. The predicted octanol–water partition coefficient (Wildman–Crippen LogP) is 4.82. The Morgan fingerprint density at radius 1 is 0.909 bits per heavy atom. The first-order valence-corrected chi connectivity index (χ1v) is 11.2. The van der Waals surface area contributed by atoms with E-state index in [-0.39, 0.29) is 17.8 Å². The highest BCUT2D eigenvalue weighted by molar-refractivity contribution is 7.80. The van der Waals surface area contributed by atoms with Gasteiger partial charge in [-0.3, -0.25) is 4.98 Å². The molecule has 2 atom stereocenters. The van der Waals surface area contributed by atoms with Crippen molar-refractivity contribution in [2.24, 2.45) is 0 Å². The molecule has 0 unspecified atom stereocenters. The molecule has 0 aliphatic carbocycles. The molecule has 0 amide bonds. The quantitative estimate of drug-likeness (QED) is 0.421. The summed E-state index contributed by atoms with van der Waals surface area (Å²) in [7, 11) is 4.07. The highest BCUT2D eigenvalue weighted by Crippen LogP contribution is 2.42. The molecule has 33 heavy (non-hydrogen) atoms. The van der Waals surface area contributed by atoms with Crippen LogP contribution in [0.4, 0.5) is 11.4 Å². The number of rotatable bonds is 5. The molecule has 0 radical (unpaired) electrons. The van der Waals surface area contributed by atoms with Crippen LogP contribution in [0.2, 0.25) is 0 Å². The molecular weight excluding hydrogens is 430 g/mol. The number of nitrogens with zero attached hydrogens (tertiary/aromatic N) is 4. The van der Waals surface area contributed by atoms with Gasteiger partial charge in [0.2, 0.25) is 0 Å². The van der Waals surface area contributed by atoms with Gasteiger partial charge in [0.15, 0.2) is 5.11 Å². The third-order valence-corrected chi connectivity index (χ3v) is 6.27. The summed E-state index contributed by atoms with van der Waals surface area (Å²) in [5.74, 6) is 0.221. The molecule has 5 rings (SSSR count). The Balaban J connectivity index is 1.63.